The molecule has 2 rings (SSSR count). The maximum atomic E-state index is 13.1. The molecule has 2 N–H and O–H groups in total. The summed E-state index contributed by atoms with van der Waals surface area (Å²) in [6.45, 7) is 10.4. The second-order valence-corrected chi connectivity index (χ2v) is 5.80. The molecule has 5 nitrogen and oxygen atoms in total. The summed E-state index contributed by atoms with van der Waals surface area (Å²) in [5, 5.41) is 10.4. The molecule has 0 spiro atoms. The van der Waals surface area contributed by atoms with Crippen molar-refractivity contribution in [1.82, 2.24) is 15.1 Å². The van der Waals surface area contributed by atoms with Gasteiger partial charge in [0.1, 0.15) is 5.82 Å². The van der Waals surface area contributed by atoms with Crippen LogP contribution in [-0.4, -0.2) is 21.7 Å². The van der Waals surface area contributed by atoms with Crippen LogP contribution < -0.4 is 10.6 Å². The highest BCUT2D eigenvalue weighted by Gasteiger charge is 2.14. The Bertz CT molecular complexity index is 739. The van der Waals surface area contributed by atoms with Crippen molar-refractivity contribution in [1.29, 1.82) is 0 Å². The fourth-order valence-electron chi connectivity index (χ4n) is 2.32. The molecule has 6 heteroatoms. The number of carbonyl (C=O) groups excluding carboxylic acids is 1. The number of hydrogen-bond donors (Lipinski definition) is 2. The van der Waals surface area contributed by atoms with Gasteiger partial charge in [0, 0.05) is 24.0 Å². The SMILES string of the molecule is C=CCn1cc(CNC(C)C(=O)Nc2ccc(F)cc2C)c(C)n1. The summed E-state index contributed by atoms with van der Waals surface area (Å²) in [5.41, 5.74) is 3.27. The van der Waals surface area contributed by atoms with E-state index >= 15 is 0 Å². The number of nitrogens with one attached hydrogen (secondary N) is 2. The lowest BCUT2D eigenvalue weighted by Gasteiger charge is -2.15. The van der Waals surface area contributed by atoms with Gasteiger partial charge < -0.3 is 10.6 Å². The fraction of sp³-hybridized carbons (Fsp3) is 0.333. The zero-order chi connectivity index (χ0) is 17.7. The van der Waals surface area contributed by atoms with Crippen LogP contribution in [0.5, 0.6) is 0 Å². The van der Waals surface area contributed by atoms with Crippen LogP contribution >= 0.6 is 0 Å². The first-order valence-electron chi connectivity index (χ1n) is 7.85. The summed E-state index contributed by atoms with van der Waals surface area (Å²) in [7, 11) is 0. The van der Waals surface area contributed by atoms with E-state index in [1.807, 2.05) is 17.8 Å². The van der Waals surface area contributed by atoms with Gasteiger partial charge in [-0.25, -0.2) is 4.39 Å². The lowest BCUT2D eigenvalue weighted by Crippen LogP contribution is -2.37. The molecule has 0 bridgehead atoms. The molecule has 0 aliphatic carbocycles. The number of carbonyl (C=O) groups is 1. The molecule has 1 aromatic carbocycles. The smallest absolute Gasteiger partial charge is 0.241 e. The lowest BCUT2D eigenvalue weighted by molar-refractivity contribution is -0.117. The Morgan fingerprint density at radius 2 is 2.21 bits per heavy atom. The highest BCUT2D eigenvalue weighted by molar-refractivity contribution is 5.95. The Hall–Kier alpha value is -2.47. The van der Waals surface area contributed by atoms with Crippen molar-refractivity contribution in [3.63, 3.8) is 0 Å². The average molecular weight is 330 g/mol. The standard InChI is InChI=1S/C18H23FN4O/c1-5-8-23-11-15(13(3)22-23)10-20-14(4)18(24)21-17-7-6-16(19)9-12(17)2/h5-7,9,11,14,20H,1,8,10H2,2-4H3,(H,21,24). The number of halogens is 1. The number of allylic oxidation sites excluding steroid dienone is 1. The van der Waals surface area contributed by atoms with E-state index < -0.39 is 6.04 Å². The van der Waals surface area contributed by atoms with Crippen molar-refractivity contribution in [2.75, 3.05) is 5.32 Å². The Morgan fingerprint density at radius 3 is 2.88 bits per heavy atom. The Balaban J connectivity index is 1.93. The van der Waals surface area contributed by atoms with Gasteiger partial charge in [0.2, 0.25) is 5.91 Å². The van der Waals surface area contributed by atoms with E-state index in [2.05, 4.69) is 22.3 Å². The summed E-state index contributed by atoms with van der Waals surface area (Å²) in [6.07, 6.45) is 3.73. The zero-order valence-corrected chi connectivity index (χ0v) is 14.3. The van der Waals surface area contributed by atoms with Gasteiger partial charge in [-0.15, -0.1) is 6.58 Å². The van der Waals surface area contributed by atoms with Gasteiger partial charge in [0.15, 0.2) is 0 Å². The molecule has 0 saturated heterocycles. The number of anilines is 1. The first-order valence-corrected chi connectivity index (χ1v) is 7.85. The molecule has 1 unspecified atom stereocenters. The van der Waals surface area contributed by atoms with Gasteiger partial charge in [-0.1, -0.05) is 6.08 Å². The van der Waals surface area contributed by atoms with E-state index in [0.29, 0.717) is 24.3 Å². The molecule has 1 heterocycles. The predicted molar refractivity (Wildman–Crippen MR) is 93.2 cm³/mol. The molecule has 128 valence electrons. The first kappa shape index (κ1) is 17.9. The Labute approximate surface area is 141 Å². The molecular weight excluding hydrogens is 307 g/mol. The predicted octanol–water partition coefficient (Wildman–Crippen LogP) is 2.94. The number of aryl methyl sites for hydroxylation is 2. The van der Waals surface area contributed by atoms with Crippen molar-refractivity contribution in [2.45, 2.75) is 39.9 Å². The third-order valence-electron chi connectivity index (χ3n) is 3.80. The van der Waals surface area contributed by atoms with E-state index in [4.69, 9.17) is 0 Å². The van der Waals surface area contributed by atoms with Gasteiger partial charge in [0.25, 0.3) is 0 Å². The van der Waals surface area contributed by atoms with Gasteiger partial charge in [-0.3, -0.25) is 9.48 Å². The lowest BCUT2D eigenvalue weighted by atomic mass is 10.2. The quantitative estimate of drug-likeness (QED) is 0.768. The fourth-order valence-corrected chi connectivity index (χ4v) is 2.32. The van der Waals surface area contributed by atoms with Crippen molar-refractivity contribution < 1.29 is 9.18 Å². The highest BCUT2D eigenvalue weighted by Crippen LogP contribution is 2.16. The molecule has 24 heavy (non-hydrogen) atoms. The van der Waals surface area contributed by atoms with Crippen LogP contribution in [0.25, 0.3) is 0 Å². The minimum absolute atomic E-state index is 0.166. The molecular formula is C18H23FN4O. The highest BCUT2D eigenvalue weighted by atomic mass is 19.1. The molecule has 0 aliphatic rings. The maximum Gasteiger partial charge on any atom is 0.241 e. The molecule has 0 fully saturated rings. The van der Waals surface area contributed by atoms with E-state index in [-0.39, 0.29) is 11.7 Å². The number of aromatic nitrogens is 2. The van der Waals surface area contributed by atoms with Crippen molar-refractivity contribution in [2.24, 2.45) is 0 Å². The summed E-state index contributed by atoms with van der Waals surface area (Å²) >= 11 is 0. The van der Waals surface area contributed by atoms with Crippen LogP contribution in [0, 0.1) is 19.7 Å². The molecule has 0 radical (unpaired) electrons. The third kappa shape index (κ3) is 4.52. The molecule has 0 aliphatic heterocycles. The normalized spacial score (nSPS) is 12.0. The number of nitrogens with zero attached hydrogens (tertiary/aromatic N) is 2. The number of hydrogen-bond acceptors (Lipinski definition) is 3. The van der Waals surface area contributed by atoms with Gasteiger partial charge in [-0.05, 0) is 44.5 Å². The van der Waals surface area contributed by atoms with Crippen LogP contribution in [0.2, 0.25) is 0 Å². The molecule has 1 amide bonds. The van der Waals surface area contributed by atoms with Crippen LogP contribution in [0.15, 0.2) is 37.1 Å². The van der Waals surface area contributed by atoms with Crippen LogP contribution in [0.4, 0.5) is 10.1 Å². The minimum Gasteiger partial charge on any atom is -0.324 e. The maximum absolute atomic E-state index is 13.1. The summed E-state index contributed by atoms with van der Waals surface area (Å²) in [6, 6.07) is 3.90. The topological polar surface area (TPSA) is 59.0 Å². The van der Waals surface area contributed by atoms with Crippen molar-refractivity contribution >= 4 is 11.6 Å². The largest absolute Gasteiger partial charge is 0.324 e. The van der Waals surface area contributed by atoms with Crippen LogP contribution in [0.1, 0.15) is 23.7 Å². The minimum atomic E-state index is -0.392. The number of amides is 1. The summed E-state index contributed by atoms with van der Waals surface area (Å²) in [4.78, 5) is 12.3. The van der Waals surface area contributed by atoms with Crippen LogP contribution in [-0.2, 0) is 17.9 Å². The van der Waals surface area contributed by atoms with E-state index in [1.54, 1.807) is 26.0 Å². The second-order valence-electron chi connectivity index (χ2n) is 5.80. The van der Waals surface area contributed by atoms with E-state index in [1.165, 1.54) is 12.1 Å². The number of benzene rings is 1. The molecule has 2 aromatic rings. The van der Waals surface area contributed by atoms with Crippen molar-refractivity contribution in [3.8, 4) is 0 Å². The van der Waals surface area contributed by atoms with Crippen molar-refractivity contribution in [3.05, 3.63) is 59.7 Å². The summed E-state index contributed by atoms with van der Waals surface area (Å²) < 4.78 is 14.9. The Kier molecular flexibility index (Phi) is 5.87. The third-order valence-corrected chi connectivity index (χ3v) is 3.80. The van der Waals surface area contributed by atoms with E-state index in [0.717, 1.165) is 11.3 Å². The monoisotopic (exact) mass is 330 g/mol. The van der Waals surface area contributed by atoms with Gasteiger partial charge in [-0.2, -0.15) is 5.10 Å². The zero-order valence-electron chi connectivity index (χ0n) is 14.3. The molecule has 0 saturated carbocycles. The van der Waals surface area contributed by atoms with Gasteiger partial charge in [0.05, 0.1) is 18.3 Å². The first-order chi connectivity index (χ1) is 11.4. The van der Waals surface area contributed by atoms with E-state index in [9.17, 15) is 9.18 Å². The Morgan fingerprint density at radius 1 is 1.46 bits per heavy atom. The summed E-state index contributed by atoms with van der Waals surface area (Å²) in [5.74, 6) is -0.482. The second kappa shape index (κ2) is 7.88. The molecule has 1 aromatic heterocycles. The number of rotatable bonds is 7. The average Bonchev–Trinajstić information content (AvgIpc) is 2.87. The van der Waals surface area contributed by atoms with Crippen LogP contribution in [0.3, 0.4) is 0 Å². The molecule has 1 atom stereocenters. The van der Waals surface area contributed by atoms with Gasteiger partial charge >= 0.3 is 0 Å².